The van der Waals surface area contributed by atoms with Gasteiger partial charge in [-0.1, -0.05) is 6.92 Å². The summed E-state index contributed by atoms with van der Waals surface area (Å²) in [6.45, 7) is 3.16. The Bertz CT molecular complexity index is 212. The van der Waals surface area contributed by atoms with Crippen LogP contribution < -0.4 is 4.72 Å². The highest BCUT2D eigenvalue weighted by Gasteiger charge is 2.16. The standard InChI is InChI=1S/C7H16ClNO3S/c1-6(3-8)5-13(11,12)9-7(2)4-10/h6-7,9-10H,3-5H2,1-2H3. The van der Waals surface area contributed by atoms with Gasteiger partial charge in [0.15, 0.2) is 0 Å². The monoisotopic (exact) mass is 229 g/mol. The van der Waals surface area contributed by atoms with Crippen molar-refractivity contribution in [3.8, 4) is 0 Å². The summed E-state index contributed by atoms with van der Waals surface area (Å²) in [5, 5.41) is 8.64. The zero-order chi connectivity index (χ0) is 10.5. The maximum absolute atomic E-state index is 11.3. The molecule has 0 spiro atoms. The Morgan fingerprint density at radius 2 is 2.00 bits per heavy atom. The number of halogens is 1. The molecule has 0 aromatic heterocycles. The third-order valence-corrected chi connectivity index (χ3v) is 3.72. The molecule has 0 amide bonds. The Hall–Kier alpha value is 0.160. The lowest BCUT2D eigenvalue weighted by Crippen LogP contribution is -2.38. The van der Waals surface area contributed by atoms with E-state index in [1.807, 2.05) is 0 Å². The van der Waals surface area contributed by atoms with Gasteiger partial charge >= 0.3 is 0 Å². The Kier molecular flexibility index (Phi) is 5.87. The lowest BCUT2D eigenvalue weighted by molar-refractivity contribution is 0.265. The summed E-state index contributed by atoms with van der Waals surface area (Å²) in [5.74, 6) is 0.236. The van der Waals surface area contributed by atoms with E-state index in [0.29, 0.717) is 5.88 Å². The van der Waals surface area contributed by atoms with Gasteiger partial charge in [0.25, 0.3) is 0 Å². The van der Waals surface area contributed by atoms with Gasteiger partial charge in [0, 0.05) is 11.9 Å². The molecule has 2 atom stereocenters. The van der Waals surface area contributed by atoms with Gasteiger partial charge in [-0.15, -0.1) is 11.6 Å². The van der Waals surface area contributed by atoms with Crippen molar-refractivity contribution in [1.29, 1.82) is 0 Å². The van der Waals surface area contributed by atoms with Crippen LogP contribution in [-0.4, -0.2) is 37.8 Å². The Labute approximate surface area is 84.3 Å². The van der Waals surface area contributed by atoms with Crippen LogP contribution in [0.2, 0.25) is 0 Å². The van der Waals surface area contributed by atoms with Crippen LogP contribution >= 0.6 is 11.6 Å². The molecule has 0 aliphatic heterocycles. The molecule has 0 saturated carbocycles. The molecule has 0 radical (unpaired) electrons. The van der Waals surface area contributed by atoms with Gasteiger partial charge in [0.2, 0.25) is 10.0 Å². The molecule has 80 valence electrons. The number of aliphatic hydroxyl groups is 1. The summed E-state index contributed by atoms with van der Waals surface area (Å²) in [4.78, 5) is 0. The number of sulfonamides is 1. The molecule has 0 aromatic rings. The molecule has 6 heteroatoms. The van der Waals surface area contributed by atoms with Crippen LogP contribution in [0.3, 0.4) is 0 Å². The first-order valence-electron chi connectivity index (χ1n) is 4.08. The molecule has 13 heavy (non-hydrogen) atoms. The van der Waals surface area contributed by atoms with Gasteiger partial charge < -0.3 is 5.11 Å². The predicted octanol–water partition coefficient (Wildman–Crippen LogP) is 0.161. The fourth-order valence-electron chi connectivity index (χ4n) is 0.811. The normalized spacial score (nSPS) is 16.9. The summed E-state index contributed by atoms with van der Waals surface area (Å²) < 4.78 is 24.9. The maximum atomic E-state index is 11.3. The highest BCUT2D eigenvalue weighted by Crippen LogP contribution is 2.02. The van der Waals surface area contributed by atoms with Crippen molar-refractivity contribution in [2.45, 2.75) is 19.9 Å². The van der Waals surface area contributed by atoms with Crippen molar-refractivity contribution in [3.63, 3.8) is 0 Å². The van der Waals surface area contributed by atoms with E-state index in [0.717, 1.165) is 0 Å². The first-order valence-corrected chi connectivity index (χ1v) is 6.26. The molecule has 2 unspecified atom stereocenters. The van der Waals surface area contributed by atoms with Gasteiger partial charge in [-0.3, -0.25) is 0 Å². The van der Waals surface area contributed by atoms with E-state index in [9.17, 15) is 8.42 Å². The van der Waals surface area contributed by atoms with Crippen LogP contribution in [0.5, 0.6) is 0 Å². The lowest BCUT2D eigenvalue weighted by Gasteiger charge is -2.13. The number of nitrogens with one attached hydrogen (secondary N) is 1. The summed E-state index contributed by atoms with van der Waals surface area (Å²) in [5.41, 5.74) is 0. The summed E-state index contributed by atoms with van der Waals surface area (Å²) in [6.07, 6.45) is 0. The van der Waals surface area contributed by atoms with Gasteiger partial charge in [-0.2, -0.15) is 0 Å². The quantitative estimate of drug-likeness (QED) is 0.638. The van der Waals surface area contributed by atoms with Crippen molar-refractivity contribution in [3.05, 3.63) is 0 Å². The van der Waals surface area contributed by atoms with E-state index < -0.39 is 16.1 Å². The van der Waals surface area contributed by atoms with Gasteiger partial charge in [-0.25, -0.2) is 13.1 Å². The second kappa shape index (κ2) is 5.80. The third kappa shape index (κ3) is 6.26. The highest BCUT2D eigenvalue weighted by molar-refractivity contribution is 7.89. The number of hydrogen-bond donors (Lipinski definition) is 2. The second-order valence-electron chi connectivity index (χ2n) is 3.24. The van der Waals surface area contributed by atoms with Crippen LogP contribution in [0.15, 0.2) is 0 Å². The first-order chi connectivity index (χ1) is 5.91. The smallest absolute Gasteiger partial charge is 0.212 e. The molecule has 0 rings (SSSR count). The minimum Gasteiger partial charge on any atom is -0.395 e. The Morgan fingerprint density at radius 3 is 2.38 bits per heavy atom. The van der Waals surface area contributed by atoms with Crippen LogP contribution in [0.4, 0.5) is 0 Å². The van der Waals surface area contributed by atoms with Crippen molar-refractivity contribution in [2.75, 3.05) is 18.2 Å². The third-order valence-electron chi connectivity index (χ3n) is 1.42. The van der Waals surface area contributed by atoms with Crippen LogP contribution in [0.25, 0.3) is 0 Å². The average molecular weight is 230 g/mol. The number of rotatable bonds is 6. The van der Waals surface area contributed by atoms with Crippen molar-refractivity contribution in [2.24, 2.45) is 5.92 Å². The second-order valence-corrected chi connectivity index (χ2v) is 5.35. The van der Waals surface area contributed by atoms with Crippen molar-refractivity contribution >= 4 is 21.6 Å². The molecule has 0 heterocycles. The van der Waals surface area contributed by atoms with Gasteiger partial charge in [0.1, 0.15) is 0 Å². The molecule has 0 fully saturated rings. The molecule has 4 nitrogen and oxygen atoms in total. The van der Waals surface area contributed by atoms with E-state index in [-0.39, 0.29) is 18.3 Å². The fourth-order valence-corrected chi connectivity index (χ4v) is 2.70. The molecule has 0 aliphatic carbocycles. The van der Waals surface area contributed by atoms with Gasteiger partial charge in [-0.05, 0) is 12.8 Å². The van der Waals surface area contributed by atoms with Crippen LogP contribution in [-0.2, 0) is 10.0 Å². The Balaban J connectivity index is 4.09. The van der Waals surface area contributed by atoms with E-state index in [1.54, 1.807) is 13.8 Å². The van der Waals surface area contributed by atoms with Crippen molar-refractivity contribution in [1.82, 2.24) is 4.72 Å². The van der Waals surface area contributed by atoms with Gasteiger partial charge in [0.05, 0.1) is 12.4 Å². The van der Waals surface area contributed by atoms with E-state index in [2.05, 4.69) is 4.72 Å². The molecular formula is C7H16ClNO3S. The highest BCUT2D eigenvalue weighted by atomic mass is 35.5. The maximum Gasteiger partial charge on any atom is 0.212 e. The van der Waals surface area contributed by atoms with E-state index in [4.69, 9.17) is 16.7 Å². The molecule has 0 saturated heterocycles. The zero-order valence-corrected chi connectivity index (χ0v) is 9.40. The van der Waals surface area contributed by atoms with E-state index >= 15 is 0 Å². The molecular weight excluding hydrogens is 214 g/mol. The molecule has 0 aliphatic rings. The molecule has 0 bridgehead atoms. The molecule has 0 aromatic carbocycles. The lowest BCUT2D eigenvalue weighted by atomic mass is 10.3. The summed E-state index contributed by atoms with van der Waals surface area (Å²) >= 11 is 5.49. The SMILES string of the molecule is CC(CCl)CS(=O)(=O)NC(C)CO. The number of alkyl halides is 1. The summed E-state index contributed by atoms with van der Waals surface area (Å²) in [6, 6.07) is -0.437. The average Bonchev–Trinajstić information content (AvgIpc) is 2.02. The van der Waals surface area contributed by atoms with Crippen LogP contribution in [0.1, 0.15) is 13.8 Å². The Morgan fingerprint density at radius 1 is 1.46 bits per heavy atom. The first kappa shape index (κ1) is 13.2. The zero-order valence-electron chi connectivity index (χ0n) is 7.83. The fraction of sp³-hybridized carbons (Fsp3) is 1.00. The predicted molar refractivity (Wildman–Crippen MR) is 53.4 cm³/mol. The number of aliphatic hydroxyl groups excluding tert-OH is 1. The topological polar surface area (TPSA) is 66.4 Å². The largest absolute Gasteiger partial charge is 0.395 e. The van der Waals surface area contributed by atoms with Crippen LogP contribution in [0, 0.1) is 5.92 Å². The minimum absolute atomic E-state index is 0.000833. The minimum atomic E-state index is -3.30. The van der Waals surface area contributed by atoms with Crippen molar-refractivity contribution < 1.29 is 13.5 Å². The summed E-state index contributed by atoms with van der Waals surface area (Å²) in [7, 11) is -3.30. The van der Waals surface area contributed by atoms with E-state index in [1.165, 1.54) is 0 Å². The molecule has 2 N–H and O–H groups in total. The number of hydrogen-bond acceptors (Lipinski definition) is 3.